The van der Waals surface area contributed by atoms with Gasteiger partial charge in [-0.15, -0.1) is 0 Å². The molecule has 0 radical (unpaired) electrons. The smallest absolute Gasteiger partial charge is 0.234 e. The number of hydrogen-bond acceptors (Lipinski definition) is 3. The Labute approximate surface area is 106 Å². The Kier molecular flexibility index (Phi) is 4.67. The lowest BCUT2D eigenvalue weighted by atomic mass is 9.94. The summed E-state index contributed by atoms with van der Waals surface area (Å²) < 4.78 is 18.4. The van der Waals surface area contributed by atoms with Crippen molar-refractivity contribution in [1.29, 1.82) is 0 Å². The van der Waals surface area contributed by atoms with Crippen molar-refractivity contribution >= 4 is 5.91 Å². The molecule has 4 nitrogen and oxygen atoms in total. The number of nitrogens with one attached hydrogen (secondary N) is 1. The van der Waals surface area contributed by atoms with E-state index in [9.17, 15) is 9.18 Å². The summed E-state index contributed by atoms with van der Waals surface area (Å²) in [6.07, 6.45) is 0.514. The Morgan fingerprint density at radius 1 is 1.50 bits per heavy atom. The average Bonchev–Trinajstić information content (AvgIpc) is 2.27. The van der Waals surface area contributed by atoms with Crippen molar-refractivity contribution in [3.8, 4) is 5.75 Å². The molecule has 1 aromatic rings. The molecule has 0 bridgehead atoms. The number of ether oxygens (including phenoxy) is 1. The molecule has 0 aliphatic carbocycles. The Bertz CT molecular complexity index is 433. The van der Waals surface area contributed by atoms with Gasteiger partial charge in [-0.3, -0.25) is 4.79 Å². The third-order valence-electron chi connectivity index (χ3n) is 2.53. The van der Waals surface area contributed by atoms with Crippen molar-refractivity contribution in [2.24, 2.45) is 5.73 Å². The van der Waals surface area contributed by atoms with Crippen molar-refractivity contribution in [3.63, 3.8) is 0 Å². The molecular formula is C13H19FN2O2. The fraction of sp³-hybridized carbons (Fsp3) is 0.462. The average molecular weight is 254 g/mol. The lowest BCUT2D eigenvalue weighted by molar-refractivity contribution is -0.121. The molecule has 18 heavy (non-hydrogen) atoms. The van der Waals surface area contributed by atoms with Gasteiger partial charge < -0.3 is 15.8 Å². The summed E-state index contributed by atoms with van der Waals surface area (Å²) in [5.41, 5.74) is 5.56. The van der Waals surface area contributed by atoms with Crippen molar-refractivity contribution in [3.05, 3.63) is 29.6 Å². The van der Waals surface area contributed by atoms with Gasteiger partial charge in [-0.05, 0) is 38.0 Å². The summed E-state index contributed by atoms with van der Waals surface area (Å²) in [5, 5.41) is 2.78. The van der Waals surface area contributed by atoms with Gasteiger partial charge in [-0.25, -0.2) is 4.39 Å². The van der Waals surface area contributed by atoms with Crippen LogP contribution < -0.4 is 15.8 Å². The molecular weight excluding hydrogens is 235 g/mol. The van der Waals surface area contributed by atoms with Crippen LogP contribution in [0.3, 0.4) is 0 Å². The van der Waals surface area contributed by atoms with Gasteiger partial charge >= 0.3 is 0 Å². The summed E-state index contributed by atoms with van der Waals surface area (Å²) in [7, 11) is 1.42. The summed E-state index contributed by atoms with van der Waals surface area (Å²) in [5.74, 6) is -0.424. The number of rotatable bonds is 5. The topological polar surface area (TPSA) is 64.3 Å². The summed E-state index contributed by atoms with van der Waals surface area (Å²) in [4.78, 5) is 11.3. The van der Waals surface area contributed by atoms with Gasteiger partial charge in [-0.1, -0.05) is 6.07 Å². The van der Waals surface area contributed by atoms with Gasteiger partial charge in [0.15, 0.2) is 11.6 Å². The Balaban J connectivity index is 2.77. The minimum atomic E-state index is -0.475. The molecule has 0 aliphatic rings. The molecule has 1 rings (SSSR count). The molecule has 0 aromatic heterocycles. The molecule has 1 aromatic carbocycles. The van der Waals surface area contributed by atoms with E-state index in [1.807, 2.05) is 13.8 Å². The zero-order valence-corrected chi connectivity index (χ0v) is 10.9. The number of benzene rings is 1. The molecule has 100 valence electrons. The molecule has 0 atom stereocenters. The predicted molar refractivity (Wildman–Crippen MR) is 67.9 cm³/mol. The SMILES string of the molecule is COc1ccc(CC(C)(C)NC(=O)CN)cc1F. The van der Waals surface area contributed by atoms with Crippen LogP contribution in [0, 0.1) is 5.82 Å². The zero-order chi connectivity index (χ0) is 13.8. The number of amides is 1. The first-order valence-corrected chi connectivity index (χ1v) is 5.71. The molecule has 0 unspecified atom stereocenters. The van der Waals surface area contributed by atoms with E-state index in [1.165, 1.54) is 13.2 Å². The predicted octanol–water partition coefficient (Wildman–Crippen LogP) is 1.23. The second-order valence-corrected chi connectivity index (χ2v) is 4.78. The zero-order valence-electron chi connectivity index (χ0n) is 10.9. The number of methoxy groups -OCH3 is 1. The van der Waals surface area contributed by atoms with Gasteiger partial charge in [0.2, 0.25) is 5.91 Å². The van der Waals surface area contributed by atoms with E-state index in [2.05, 4.69) is 5.32 Å². The normalized spacial score (nSPS) is 11.2. The van der Waals surface area contributed by atoms with Crippen LogP contribution in [0.5, 0.6) is 5.75 Å². The molecule has 3 N–H and O–H groups in total. The van der Waals surface area contributed by atoms with E-state index >= 15 is 0 Å². The van der Waals surface area contributed by atoms with Crippen molar-refractivity contribution in [1.82, 2.24) is 5.32 Å². The summed E-state index contributed by atoms with van der Waals surface area (Å²) >= 11 is 0. The number of halogens is 1. The first-order valence-electron chi connectivity index (χ1n) is 5.71. The Morgan fingerprint density at radius 3 is 2.67 bits per heavy atom. The first kappa shape index (κ1) is 14.4. The molecule has 1 amide bonds. The molecule has 0 aliphatic heterocycles. The van der Waals surface area contributed by atoms with Gasteiger partial charge in [0, 0.05) is 5.54 Å². The van der Waals surface area contributed by atoms with Crippen LogP contribution in [0.4, 0.5) is 4.39 Å². The van der Waals surface area contributed by atoms with Crippen LogP contribution in [-0.4, -0.2) is 25.1 Å². The third-order valence-corrected chi connectivity index (χ3v) is 2.53. The molecule has 0 spiro atoms. The molecule has 0 heterocycles. The quantitative estimate of drug-likeness (QED) is 0.830. The highest BCUT2D eigenvalue weighted by atomic mass is 19.1. The van der Waals surface area contributed by atoms with Gasteiger partial charge in [0.25, 0.3) is 0 Å². The largest absolute Gasteiger partial charge is 0.494 e. The minimum absolute atomic E-state index is 0.0552. The van der Waals surface area contributed by atoms with Gasteiger partial charge in [0.05, 0.1) is 13.7 Å². The van der Waals surface area contributed by atoms with Crippen molar-refractivity contribution in [2.75, 3.05) is 13.7 Å². The van der Waals surface area contributed by atoms with Crippen molar-refractivity contribution < 1.29 is 13.9 Å². The van der Waals surface area contributed by atoms with Crippen LogP contribution in [0.25, 0.3) is 0 Å². The van der Waals surface area contributed by atoms with Crippen LogP contribution in [-0.2, 0) is 11.2 Å². The van der Waals surface area contributed by atoms with E-state index in [4.69, 9.17) is 10.5 Å². The van der Waals surface area contributed by atoms with Crippen LogP contribution in [0.2, 0.25) is 0 Å². The van der Waals surface area contributed by atoms with Gasteiger partial charge in [0.1, 0.15) is 0 Å². The van der Waals surface area contributed by atoms with E-state index < -0.39 is 11.4 Å². The third kappa shape index (κ3) is 4.00. The fourth-order valence-corrected chi connectivity index (χ4v) is 1.80. The standard InChI is InChI=1S/C13H19FN2O2/c1-13(2,16-12(17)8-15)7-9-4-5-11(18-3)10(14)6-9/h4-6H,7-8,15H2,1-3H3,(H,16,17). The maximum Gasteiger partial charge on any atom is 0.234 e. The van der Waals surface area contributed by atoms with Crippen molar-refractivity contribution in [2.45, 2.75) is 25.8 Å². The van der Waals surface area contributed by atoms with Crippen LogP contribution in [0.15, 0.2) is 18.2 Å². The minimum Gasteiger partial charge on any atom is -0.494 e. The molecule has 0 fully saturated rings. The lowest BCUT2D eigenvalue weighted by Crippen LogP contribution is -2.47. The second-order valence-electron chi connectivity index (χ2n) is 4.78. The monoisotopic (exact) mass is 254 g/mol. The second kappa shape index (κ2) is 5.82. The van der Waals surface area contributed by atoms with E-state index in [0.717, 1.165) is 5.56 Å². The summed E-state index contributed by atoms with van der Waals surface area (Å²) in [6.45, 7) is 3.67. The summed E-state index contributed by atoms with van der Waals surface area (Å²) in [6, 6.07) is 4.76. The highest BCUT2D eigenvalue weighted by Crippen LogP contribution is 2.20. The van der Waals surface area contributed by atoms with E-state index in [1.54, 1.807) is 12.1 Å². The highest BCUT2D eigenvalue weighted by molar-refractivity contribution is 5.78. The van der Waals surface area contributed by atoms with Gasteiger partial charge in [-0.2, -0.15) is 0 Å². The Morgan fingerprint density at radius 2 is 2.17 bits per heavy atom. The molecule has 0 saturated carbocycles. The van der Waals surface area contributed by atoms with E-state index in [0.29, 0.717) is 6.42 Å². The van der Waals surface area contributed by atoms with Crippen LogP contribution in [0.1, 0.15) is 19.4 Å². The van der Waals surface area contributed by atoms with Crippen LogP contribution >= 0.6 is 0 Å². The lowest BCUT2D eigenvalue weighted by Gasteiger charge is -2.26. The maximum absolute atomic E-state index is 13.5. The fourth-order valence-electron chi connectivity index (χ4n) is 1.80. The van der Waals surface area contributed by atoms with E-state index in [-0.39, 0.29) is 18.2 Å². The number of nitrogens with two attached hydrogens (primary N) is 1. The Hall–Kier alpha value is -1.62. The highest BCUT2D eigenvalue weighted by Gasteiger charge is 2.20. The number of hydrogen-bond donors (Lipinski definition) is 2. The number of carbonyl (C=O) groups is 1. The molecule has 5 heteroatoms. The first-order chi connectivity index (χ1) is 8.38. The molecule has 0 saturated heterocycles. The number of carbonyl (C=O) groups excluding carboxylic acids is 1. The maximum atomic E-state index is 13.5.